The number of hydrogen-bond donors (Lipinski definition) is 1. The predicted molar refractivity (Wildman–Crippen MR) is 84.9 cm³/mol. The molecule has 0 radical (unpaired) electrons. The third-order valence-electron chi connectivity index (χ3n) is 3.25. The molecule has 1 heterocycles. The second kappa shape index (κ2) is 5.46. The van der Waals surface area contributed by atoms with E-state index >= 15 is 0 Å². The van der Waals surface area contributed by atoms with Crippen LogP contribution >= 0.6 is 22.6 Å². The molecule has 0 aliphatic carbocycles. The van der Waals surface area contributed by atoms with Crippen molar-refractivity contribution in [3.8, 4) is 0 Å². The Hall–Kier alpha value is -1.53. The Morgan fingerprint density at radius 1 is 1.05 bits per heavy atom. The molecule has 0 bridgehead atoms. The summed E-state index contributed by atoms with van der Waals surface area (Å²) in [6.07, 6.45) is 2.61. The van der Waals surface area contributed by atoms with E-state index in [4.69, 9.17) is 0 Å². The summed E-state index contributed by atoms with van der Waals surface area (Å²) in [6.45, 7) is 0. The van der Waals surface area contributed by atoms with Crippen molar-refractivity contribution in [2.45, 2.75) is 6.10 Å². The topological polar surface area (TPSA) is 33.1 Å². The molecule has 0 fully saturated rings. The molecule has 1 N–H and O–H groups in total. The van der Waals surface area contributed by atoms with Crippen molar-refractivity contribution < 1.29 is 9.50 Å². The number of rotatable bonds is 2. The number of aliphatic hydroxyl groups is 1. The van der Waals surface area contributed by atoms with Crippen LogP contribution in [0.1, 0.15) is 17.2 Å². The Bertz CT molecular complexity index is 770. The van der Waals surface area contributed by atoms with Crippen LogP contribution in [0, 0.1) is 9.39 Å². The van der Waals surface area contributed by atoms with Crippen LogP contribution in [0.25, 0.3) is 10.8 Å². The first-order valence-electron chi connectivity index (χ1n) is 6.12. The molecule has 0 spiro atoms. The fourth-order valence-corrected chi connectivity index (χ4v) is 3.02. The maximum absolute atomic E-state index is 13.2. The van der Waals surface area contributed by atoms with Gasteiger partial charge in [0.05, 0.1) is 0 Å². The summed E-state index contributed by atoms with van der Waals surface area (Å²) in [5.74, 6) is -0.304. The molecule has 20 heavy (non-hydrogen) atoms. The highest BCUT2D eigenvalue weighted by molar-refractivity contribution is 14.1. The van der Waals surface area contributed by atoms with Crippen LogP contribution in [0.2, 0.25) is 0 Å². The minimum atomic E-state index is -0.818. The van der Waals surface area contributed by atoms with Crippen LogP contribution in [0.15, 0.2) is 54.9 Å². The fourth-order valence-electron chi connectivity index (χ4n) is 2.25. The van der Waals surface area contributed by atoms with E-state index in [9.17, 15) is 9.50 Å². The highest BCUT2D eigenvalue weighted by atomic mass is 127. The molecule has 0 amide bonds. The molecule has 0 aliphatic heterocycles. The molecular weight excluding hydrogens is 368 g/mol. The monoisotopic (exact) mass is 379 g/mol. The molecule has 1 unspecified atom stereocenters. The van der Waals surface area contributed by atoms with E-state index in [1.54, 1.807) is 18.5 Å². The van der Waals surface area contributed by atoms with E-state index in [1.807, 2.05) is 46.9 Å². The van der Waals surface area contributed by atoms with Crippen molar-refractivity contribution in [3.05, 3.63) is 75.4 Å². The molecule has 0 aliphatic rings. The van der Waals surface area contributed by atoms with E-state index in [0.29, 0.717) is 9.13 Å². The van der Waals surface area contributed by atoms with Gasteiger partial charge in [0.25, 0.3) is 0 Å². The van der Waals surface area contributed by atoms with Gasteiger partial charge >= 0.3 is 0 Å². The minimum Gasteiger partial charge on any atom is -0.384 e. The second-order valence-corrected chi connectivity index (χ2v) is 5.68. The number of benzene rings is 2. The van der Waals surface area contributed by atoms with Gasteiger partial charge in [-0.25, -0.2) is 4.39 Å². The van der Waals surface area contributed by atoms with E-state index < -0.39 is 6.10 Å². The third-order valence-corrected chi connectivity index (χ3v) is 4.18. The highest BCUT2D eigenvalue weighted by Gasteiger charge is 2.16. The average molecular weight is 379 g/mol. The molecule has 3 aromatic rings. The fraction of sp³-hybridized carbons (Fsp3) is 0.0625. The van der Waals surface area contributed by atoms with Gasteiger partial charge in [0.2, 0.25) is 0 Å². The first-order chi connectivity index (χ1) is 9.66. The van der Waals surface area contributed by atoms with Gasteiger partial charge in [-0.1, -0.05) is 30.3 Å². The van der Waals surface area contributed by atoms with E-state index in [0.717, 1.165) is 16.3 Å². The molecule has 0 saturated heterocycles. The van der Waals surface area contributed by atoms with Gasteiger partial charge < -0.3 is 5.11 Å². The summed E-state index contributed by atoms with van der Waals surface area (Å²) in [7, 11) is 0. The first-order valence-corrected chi connectivity index (χ1v) is 7.20. The number of halogens is 2. The molecule has 2 aromatic carbocycles. The van der Waals surface area contributed by atoms with Gasteiger partial charge in [0.15, 0.2) is 0 Å². The van der Waals surface area contributed by atoms with Gasteiger partial charge in [0, 0.05) is 26.9 Å². The predicted octanol–water partition coefficient (Wildman–Crippen LogP) is 4.06. The first kappa shape index (κ1) is 13.5. The van der Waals surface area contributed by atoms with Crippen LogP contribution in [0.4, 0.5) is 4.39 Å². The summed E-state index contributed by atoms with van der Waals surface area (Å²) < 4.78 is 13.9. The van der Waals surface area contributed by atoms with Crippen molar-refractivity contribution in [1.29, 1.82) is 0 Å². The Morgan fingerprint density at radius 3 is 2.65 bits per heavy atom. The summed E-state index contributed by atoms with van der Waals surface area (Å²) in [5.41, 5.74) is 1.41. The standard InChI is InChI=1S/C16H11FINO/c17-11-5-6-13(15(18)7-11)16(20)14-9-19-8-10-3-1-2-4-12(10)14/h1-9,16,20H. The largest absolute Gasteiger partial charge is 0.384 e. The molecule has 100 valence electrons. The average Bonchev–Trinajstić information content (AvgIpc) is 2.46. The quantitative estimate of drug-likeness (QED) is 0.682. The third kappa shape index (κ3) is 2.41. The number of fused-ring (bicyclic) bond motifs is 1. The van der Waals surface area contributed by atoms with Crippen molar-refractivity contribution in [2.75, 3.05) is 0 Å². The lowest BCUT2D eigenvalue weighted by atomic mass is 9.98. The van der Waals surface area contributed by atoms with Crippen LogP contribution < -0.4 is 0 Å². The van der Waals surface area contributed by atoms with Crippen LogP contribution in [0.5, 0.6) is 0 Å². The zero-order valence-electron chi connectivity index (χ0n) is 10.4. The van der Waals surface area contributed by atoms with Crippen LogP contribution in [-0.2, 0) is 0 Å². The van der Waals surface area contributed by atoms with Crippen LogP contribution in [0.3, 0.4) is 0 Å². The molecule has 2 nitrogen and oxygen atoms in total. The van der Waals surface area contributed by atoms with E-state index in [-0.39, 0.29) is 5.82 Å². The Labute approximate surface area is 129 Å². The Balaban J connectivity index is 2.15. The van der Waals surface area contributed by atoms with Crippen molar-refractivity contribution in [2.24, 2.45) is 0 Å². The zero-order valence-corrected chi connectivity index (χ0v) is 12.6. The summed E-state index contributed by atoms with van der Waals surface area (Å²) in [6, 6.07) is 12.1. The number of hydrogen-bond acceptors (Lipinski definition) is 2. The molecule has 4 heteroatoms. The normalized spacial score (nSPS) is 12.6. The molecule has 1 aromatic heterocycles. The number of pyridine rings is 1. The number of nitrogens with zero attached hydrogens (tertiary/aromatic N) is 1. The number of aromatic nitrogens is 1. The van der Waals surface area contributed by atoms with Gasteiger partial charge in [-0.15, -0.1) is 0 Å². The van der Waals surface area contributed by atoms with Crippen molar-refractivity contribution >= 4 is 33.4 Å². The Morgan fingerprint density at radius 2 is 1.85 bits per heavy atom. The van der Waals surface area contributed by atoms with Crippen molar-refractivity contribution in [1.82, 2.24) is 4.98 Å². The van der Waals surface area contributed by atoms with E-state index in [2.05, 4.69) is 4.98 Å². The van der Waals surface area contributed by atoms with Gasteiger partial charge in [-0.05, 0) is 45.7 Å². The lowest BCUT2D eigenvalue weighted by Gasteiger charge is -2.15. The minimum absolute atomic E-state index is 0.304. The number of aliphatic hydroxyl groups excluding tert-OH is 1. The SMILES string of the molecule is OC(c1ccc(F)cc1I)c1cncc2ccccc12. The van der Waals surface area contributed by atoms with Gasteiger partial charge in [0.1, 0.15) is 11.9 Å². The summed E-state index contributed by atoms with van der Waals surface area (Å²) >= 11 is 2.03. The van der Waals surface area contributed by atoms with Gasteiger partial charge in [-0.3, -0.25) is 4.98 Å². The lowest BCUT2D eigenvalue weighted by molar-refractivity contribution is 0.220. The van der Waals surface area contributed by atoms with Crippen molar-refractivity contribution in [3.63, 3.8) is 0 Å². The summed E-state index contributed by atoms with van der Waals surface area (Å²) in [5, 5.41) is 12.5. The molecule has 0 saturated carbocycles. The highest BCUT2D eigenvalue weighted by Crippen LogP contribution is 2.30. The van der Waals surface area contributed by atoms with Gasteiger partial charge in [-0.2, -0.15) is 0 Å². The zero-order chi connectivity index (χ0) is 14.1. The second-order valence-electron chi connectivity index (χ2n) is 4.52. The molecular formula is C16H11FINO. The van der Waals surface area contributed by atoms with E-state index in [1.165, 1.54) is 12.1 Å². The van der Waals surface area contributed by atoms with Crippen LogP contribution in [-0.4, -0.2) is 10.1 Å². The Kier molecular flexibility index (Phi) is 3.67. The maximum atomic E-state index is 13.2. The molecule has 3 rings (SSSR count). The maximum Gasteiger partial charge on any atom is 0.124 e. The molecule has 1 atom stereocenters. The lowest BCUT2D eigenvalue weighted by Crippen LogP contribution is -2.04. The summed E-state index contributed by atoms with van der Waals surface area (Å²) in [4.78, 5) is 4.17. The smallest absolute Gasteiger partial charge is 0.124 e.